The molecule has 0 bridgehead atoms. The molecular formula is C22H28N2O4S. The molecule has 0 unspecified atom stereocenters. The van der Waals surface area contributed by atoms with E-state index in [9.17, 15) is 18.3 Å². The molecule has 0 atom stereocenters. The summed E-state index contributed by atoms with van der Waals surface area (Å²) in [6, 6.07) is 6.39. The van der Waals surface area contributed by atoms with E-state index in [2.05, 4.69) is 0 Å². The van der Waals surface area contributed by atoms with Gasteiger partial charge in [-0.15, -0.1) is 0 Å². The molecule has 2 aliphatic rings. The Morgan fingerprint density at radius 1 is 0.966 bits per heavy atom. The Morgan fingerprint density at radius 2 is 1.62 bits per heavy atom. The van der Waals surface area contributed by atoms with Crippen LogP contribution in [0.2, 0.25) is 0 Å². The number of hydrogen-bond acceptors (Lipinski definition) is 4. The smallest absolute Gasteiger partial charge is 0.336 e. The van der Waals surface area contributed by atoms with Crippen molar-refractivity contribution in [3.63, 3.8) is 0 Å². The number of hydrogen-bond donors (Lipinski definition) is 1. The molecule has 2 fully saturated rings. The number of sulfonamides is 1. The Morgan fingerprint density at radius 3 is 2.28 bits per heavy atom. The molecule has 2 aromatic rings. The summed E-state index contributed by atoms with van der Waals surface area (Å²) >= 11 is 0. The molecule has 1 saturated carbocycles. The van der Waals surface area contributed by atoms with Gasteiger partial charge in [-0.3, -0.25) is 4.98 Å². The van der Waals surface area contributed by atoms with Gasteiger partial charge in [-0.1, -0.05) is 32.1 Å². The van der Waals surface area contributed by atoms with Gasteiger partial charge in [0, 0.05) is 30.1 Å². The lowest BCUT2D eigenvalue weighted by atomic mass is 9.86. The fraction of sp³-hybridized carbons (Fsp3) is 0.545. The molecule has 1 aromatic carbocycles. The summed E-state index contributed by atoms with van der Waals surface area (Å²) in [5.74, 6) is -0.759. The third-order valence-corrected chi connectivity index (χ3v) is 8.15. The zero-order chi connectivity index (χ0) is 20.4. The van der Waals surface area contributed by atoms with E-state index in [1.807, 2.05) is 0 Å². The van der Waals surface area contributed by atoms with Crippen LogP contribution in [-0.2, 0) is 10.0 Å². The highest BCUT2D eigenvalue weighted by atomic mass is 32.2. The molecule has 0 spiro atoms. The lowest BCUT2D eigenvalue weighted by Crippen LogP contribution is -2.31. The van der Waals surface area contributed by atoms with Gasteiger partial charge in [-0.2, -0.15) is 4.31 Å². The molecule has 1 aliphatic carbocycles. The number of carbonyl (C=O) groups is 1. The molecule has 1 aliphatic heterocycles. The van der Waals surface area contributed by atoms with Crippen molar-refractivity contribution in [3.05, 3.63) is 35.5 Å². The van der Waals surface area contributed by atoms with Crippen LogP contribution in [0.4, 0.5) is 0 Å². The highest BCUT2D eigenvalue weighted by molar-refractivity contribution is 7.89. The Hall–Kier alpha value is -1.99. The Kier molecular flexibility index (Phi) is 5.88. The van der Waals surface area contributed by atoms with Gasteiger partial charge in [0.15, 0.2) is 0 Å². The van der Waals surface area contributed by atoms with Crippen molar-refractivity contribution in [2.75, 3.05) is 13.1 Å². The number of carboxylic acids is 1. The SMILES string of the molecule is O=C(O)c1cc(C2CCCCC2)nc2ccc(S(=O)(=O)N3CCCCCC3)cc12. The van der Waals surface area contributed by atoms with Gasteiger partial charge in [0.1, 0.15) is 0 Å². The van der Waals surface area contributed by atoms with Gasteiger partial charge >= 0.3 is 5.97 Å². The summed E-state index contributed by atoms with van der Waals surface area (Å²) in [5, 5.41) is 10.2. The Balaban J connectivity index is 1.76. The average Bonchev–Trinajstić information content (AvgIpc) is 3.03. The molecule has 2 heterocycles. The predicted octanol–water partition coefficient (Wildman–Crippen LogP) is 4.55. The molecule has 6 nitrogen and oxygen atoms in total. The molecule has 4 rings (SSSR count). The van der Waals surface area contributed by atoms with Crippen molar-refractivity contribution in [1.82, 2.24) is 9.29 Å². The number of aromatic carboxylic acids is 1. The second-order valence-electron chi connectivity index (χ2n) is 8.23. The maximum Gasteiger partial charge on any atom is 0.336 e. The van der Waals surface area contributed by atoms with Crippen LogP contribution in [0.25, 0.3) is 10.9 Å². The van der Waals surface area contributed by atoms with Gasteiger partial charge in [-0.25, -0.2) is 13.2 Å². The zero-order valence-corrected chi connectivity index (χ0v) is 17.5. The van der Waals surface area contributed by atoms with Crippen molar-refractivity contribution in [1.29, 1.82) is 0 Å². The predicted molar refractivity (Wildman–Crippen MR) is 112 cm³/mol. The van der Waals surface area contributed by atoms with E-state index in [-0.39, 0.29) is 16.4 Å². The van der Waals surface area contributed by atoms with Crippen LogP contribution >= 0.6 is 0 Å². The molecule has 1 saturated heterocycles. The van der Waals surface area contributed by atoms with Gasteiger partial charge in [0.25, 0.3) is 0 Å². The van der Waals surface area contributed by atoms with Crippen LogP contribution in [0.3, 0.4) is 0 Å². The lowest BCUT2D eigenvalue weighted by Gasteiger charge is -2.22. The summed E-state index contributed by atoms with van der Waals surface area (Å²) in [7, 11) is -3.64. The third kappa shape index (κ3) is 4.16. The van der Waals surface area contributed by atoms with E-state index < -0.39 is 16.0 Å². The fourth-order valence-electron chi connectivity index (χ4n) is 4.60. The summed E-state index contributed by atoms with van der Waals surface area (Å²) < 4.78 is 27.8. The van der Waals surface area contributed by atoms with Crippen molar-refractivity contribution >= 4 is 26.9 Å². The van der Waals surface area contributed by atoms with Crippen LogP contribution in [0, 0.1) is 0 Å². The van der Waals surface area contributed by atoms with Crippen molar-refractivity contribution in [3.8, 4) is 0 Å². The normalized spacial score (nSPS) is 19.9. The van der Waals surface area contributed by atoms with Gasteiger partial charge < -0.3 is 5.11 Å². The number of carboxylic acid groups (broad SMARTS) is 1. The van der Waals surface area contributed by atoms with E-state index in [1.165, 1.54) is 16.8 Å². The first-order valence-corrected chi connectivity index (χ1v) is 12.1. The standard InChI is InChI=1S/C22H28N2O4S/c25-22(26)19-15-21(16-8-4-3-5-9-16)23-20-11-10-17(14-18(19)20)29(27,28)24-12-6-1-2-7-13-24/h10-11,14-16H,1-9,12-13H2,(H,25,26). The molecular weight excluding hydrogens is 388 g/mol. The lowest BCUT2D eigenvalue weighted by molar-refractivity contribution is 0.0698. The second-order valence-corrected chi connectivity index (χ2v) is 10.2. The van der Waals surface area contributed by atoms with E-state index in [0.717, 1.165) is 57.1 Å². The van der Waals surface area contributed by atoms with E-state index in [0.29, 0.717) is 24.0 Å². The van der Waals surface area contributed by atoms with Gasteiger partial charge in [-0.05, 0) is 49.9 Å². The number of nitrogens with zero attached hydrogens (tertiary/aromatic N) is 2. The van der Waals surface area contributed by atoms with Crippen LogP contribution in [0.15, 0.2) is 29.2 Å². The summed E-state index contributed by atoms with van der Waals surface area (Å²) in [5.41, 5.74) is 1.52. The molecule has 7 heteroatoms. The maximum absolute atomic E-state index is 13.1. The highest BCUT2D eigenvalue weighted by Gasteiger charge is 2.27. The molecule has 156 valence electrons. The minimum atomic E-state index is -3.64. The van der Waals surface area contributed by atoms with Crippen molar-refractivity contribution in [2.45, 2.75) is 68.6 Å². The number of rotatable bonds is 4. The Bertz CT molecular complexity index is 1000. The molecule has 0 radical (unpaired) electrons. The van der Waals surface area contributed by atoms with Gasteiger partial charge in [0.05, 0.1) is 16.0 Å². The molecule has 1 aromatic heterocycles. The quantitative estimate of drug-likeness (QED) is 0.790. The van der Waals surface area contributed by atoms with E-state index >= 15 is 0 Å². The number of aromatic nitrogens is 1. The summed E-state index contributed by atoms with van der Waals surface area (Å²) in [6.45, 7) is 1.04. The first kappa shape index (κ1) is 20.3. The first-order chi connectivity index (χ1) is 14.0. The topological polar surface area (TPSA) is 87.6 Å². The Labute approximate surface area is 172 Å². The van der Waals surface area contributed by atoms with Crippen LogP contribution < -0.4 is 0 Å². The van der Waals surface area contributed by atoms with E-state index in [1.54, 1.807) is 18.2 Å². The minimum absolute atomic E-state index is 0.142. The largest absolute Gasteiger partial charge is 0.478 e. The first-order valence-electron chi connectivity index (χ1n) is 10.6. The summed E-state index contributed by atoms with van der Waals surface area (Å²) in [6.07, 6.45) is 9.35. The number of pyridine rings is 1. The van der Waals surface area contributed by atoms with Crippen LogP contribution in [0.5, 0.6) is 0 Å². The minimum Gasteiger partial charge on any atom is -0.478 e. The van der Waals surface area contributed by atoms with E-state index in [4.69, 9.17) is 4.98 Å². The maximum atomic E-state index is 13.1. The monoisotopic (exact) mass is 416 g/mol. The third-order valence-electron chi connectivity index (χ3n) is 6.26. The summed E-state index contributed by atoms with van der Waals surface area (Å²) in [4.78, 5) is 16.8. The van der Waals surface area contributed by atoms with Crippen LogP contribution in [0.1, 0.15) is 79.8 Å². The molecule has 1 N–H and O–H groups in total. The highest BCUT2D eigenvalue weighted by Crippen LogP contribution is 2.34. The molecule has 29 heavy (non-hydrogen) atoms. The number of benzene rings is 1. The zero-order valence-electron chi connectivity index (χ0n) is 16.6. The number of fused-ring (bicyclic) bond motifs is 1. The molecule has 0 amide bonds. The van der Waals surface area contributed by atoms with Gasteiger partial charge in [0.2, 0.25) is 10.0 Å². The second kappa shape index (κ2) is 8.40. The van der Waals surface area contributed by atoms with Crippen molar-refractivity contribution in [2.24, 2.45) is 0 Å². The van der Waals surface area contributed by atoms with Crippen LogP contribution in [-0.4, -0.2) is 41.9 Å². The average molecular weight is 417 g/mol. The fourth-order valence-corrected chi connectivity index (χ4v) is 6.15. The van der Waals surface area contributed by atoms with Crippen molar-refractivity contribution < 1.29 is 18.3 Å².